The van der Waals surface area contributed by atoms with Crippen molar-refractivity contribution in [1.29, 1.82) is 0 Å². The molecule has 0 aromatic heterocycles. The van der Waals surface area contributed by atoms with E-state index in [1.165, 1.54) is 0 Å². The van der Waals surface area contributed by atoms with Gasteiger partial charge < -0.3 is 0 Å². The third-order valence-electron chi connectivity index (χ3n) is 0.187. The fraction of sp³-hybridized carbons (Fsp3) is 0. The summed E-state index contributed by atoms with van der Waals surface area (Å²) in [5.74, 6) is 0. The molecule has 0 saturated carbocycles. The molecule has 6 heteroatoms. The number of nitro groups is 1. The molecule has 40 valence electrons. The summed E-state index contributed by atoms with van der Waals surface area (Å²) in [6.45, 7) is 0. The van der Waals surface area contributed by atoms with Crippen LogP contribution in [0.1, 0.15) is 0 Å². The molecule has 0 rings (SSSR count). The molecule has 0 bridgehead atoms. The maximum absolute atomic E-state index is 9.37. The Labute approximate surface area is 50.4 Å². The van der Waals surface area contributed by atoms with E-state index in [9.17, 15) is 10.1 Å². The molecule has 0 fully saturated rings. The second kappa shape index (κ2) is 2.75. The lowest BCUT2D eigenvalue weighted by Crippen LogP contribution is -2.23. The van der Waals surface area contributed by atoms with Gasteiger partial charge in [0, 0.05) is 0 Å². The number of nitrogens with one attached hydrogen (secondary N) is 1. The van der Waals surface area contributed by atoms with Gasteiger partial charge in [0.1, 0.15) is 0 Å². The van der Waals surface area contributed by atoms with Gasteiger partial charge in [-0.1, -0.05) is 5.43 Å². The summed E-state index contributed by atoms with van der Waals surface area (Å²) < 4.78 is -0.134. The molecule has 0 aromatic carbocycles. The molecule has 0 amide bonds. The van der Waals surface area contributed by atoms with Crippen LogP contribution >= 0.6 is 24.8 Å². The lowest BCUT2D eigenvalue weighted by molar-refractivity contribution is -0.523. The van der Waals surface area contributed by atoms with E-state index in [2.05, 4.69) is 24.8 Å². The van der Waals surface area contributed by atoms with Crippen molar-refractivity contribution in [2.45, 2.75) is 0 Å². The normalized spacial score (nSPS) is 7.57. The van der Waals surface area contributed by atoms with Crippen molar-refractivity contribution >= 4 is 29.2 Å². The van der Waals surface area contributed by atoms with E-state index < -0.39 is 5.03 Å². The van der Waals surface area contributed by atoms with Gasteiger partial charge in [0.2, 0.25) is 0 Å². The third-order valence-corrected chi connectivity index (χ3v) is 0.378. The number of thiocarbonyl (C=S) groups is 1. The Bertz CT molecular complexity index is 89.9. The van der Waals surface area contributed by atoms with Crippen molar-refractivity contribution in [2.24, 2.45) is 0 Å². The minimum absolute atomic E-state index is 0.134. The number of thiol groups is 1. The van der Waals surface area contributed by atoms with Crippen molar-refractivity contribution in [3.8, 4) is 0 Å². The highest BCUT2D eigenvalue weighted by Crippen LogP contribution is 1.73. The van der Waals surface area contributed by atoms with Crippen molar-refractivity contribution in [3.05, 3.63) is 10.1 Å². The molecule has 0 unspecified atom stereocenters. The molecule has 0 aliphatic carbocycles. The SMILES string of the molecule is O=[N+]([O-])NC(=S)S. The van der Waals surface area contributed by atoms with Crippen LogP contribution in [0.25, 0.3) is 0 Å². The topological polar surface area (TPSA) is 55.2 Å². The third kappa shape index (κ3) is 5.64. The van der Waals surface area contributed by atoms with Gasteiger partial charge in [-0.25, -0.2) is 10.1 Å². The number of hydrogen-bond donors (Lipinski definition) is 2. The fourth-order valence-electron chi connectivity index (χ4n) is 0.0781. The smallest absolute Gasteiger partial charge is 0.195 e. The summed E-state index contributed by atoms with van der Waals surface area (Å²) in [4.78, 5) is 9.37. The Kier molecular flexibility index (Phi) is 2.61. The number of hydrazine groups is 1. The van der Waals surface area contributed by atoms with E-state index in [-0.39, 0.29) is 4.32 Å². The van der Waals surface area contributed by atoms with E-state index in [0.717, 1.165) is 0 Å². The van der Waals surface area contributed by atoms with Crippen LogP contribution in [0.5, 0.6) is 0 Å². The number of rotatable bonds is 1. The molecule has 0 aromatic rings. The summed E-state index contributed by atoms with van der Waals surface area (Å²) in [6.07, 6.45) is 0. The molecule has 0 radical (unpaired) electrons. The monoisotopic (exact) mass is 138 g/mol. The van der Waals surface area contributed by atoms with E-state index in [0.29, 0.717) is 0 Å². The first-order valence-electron chi connectivity index (χ1n) is 1.27. The minimum atomic E-state index is -0.769. The van der Waals surface area contributed by atoms with Gasteiger partial charge in [-0.05, 0) is 12.2 Å². The van der Waals surface area contributed by atoms with Crippen LogP contribution in [0.4, 0.5) is 0 Å². The molecule has 7 heavy (non-hydrogen) atoms. The molecule has 0 spiro atoms. The maximum Gasteiger partial charge on any atom is 0.195 e. The average molecular weight is 138 g/mol. The summed E-state index contributed by atoms with van der Waals surface area (Å²) in [7, 11) is 0. The molecule has 0 aliphatic heterocycles. The molecule has 0 heterocycles. The first kappa shape index (κ1) is 6.64. The Hall–Kier alpha value is -0.360. The highest BCUT2D eigenvalue weighted by atomic mass is 32.1. The standard InChI is InChI=1S/CH2N2O2S2/c4-3(5)2-1(6)7/h(H2,2,6,7). The van der Waals surface area contributed by atoms with Gasteiger partial charge >= 0.3 is 0 Å². The van der Waals surface area contributed by atoms with Crippen LogP contribution in [-0.2, 0) is 0 Å². The summed E-state index contributed by atoms with van der Waals surface area (Å²) in [5.41, 5.74) is 1.62. The zero-order valence-electron chi connectivity index (χ0n) is 3.12. The van der Waals surface area contributed by atoms with Gasteiger partial charge in [0.25, 0.3) is 0 Å². The van der Waals surface area contributed by atoms with Gasteiger partial charge in [-0.2, -0.15) is 0 Å². The van der Waals surface area contributed by atoms with Gasteiger partial charge in [-0.15, -0.1) is 12.6 Å². The van der Waals surface area contributed by atoms with Crippen LogP contribution in [0, 0.1) is 10.1 Å². The van der Waals surface area contributed by atoms with Gasteiger partial charge in [-0.3, -0.25) is 0 Å². The Morgan fingerprint density at radius 2 is 2.43 bits per heavy atom. The largest absolute Gasteiger partial charge is 0.234 e. The molecular weight excluding hydrogens is 136 g/mol. The molecule has 0 atom stereocenters. The van der Waals surface area contributed by atoms with Crippen LogP contribution in [0.15, 0.2) is 0 Å². The predicted molar refractivity (Wildman–Crippen MR) is 31.7 cm³/mol. The van der Waals surface area contributed by atoms with Crippen LogP contribution in [0.3, 0.4) is 0 Å². The van der Waals surface area contributed by atoms with Crippen molar-refractivity contribution in [2.75, 3.05) is 0 Å². The van der Waals surface area contributed by atoms with E-state index in [1.807, 2.05) is 0 Å². The molecule has 0 aliphatic rings. The van der Waals surface area contributed by atoms with Crippen LogP contribution < -0.4 is 5.43 Å². The minimum Gasteiger partial charge on any atom is -0.234 e. The molecular formula is CH2N2O2S2. The van der Waals surface area contributed by atoms with E-state index >= 15 is 0 Å². The van der Waals surface area contributed by atoms with Gasteiger partial charge in [0.15, 0.2) is 9.35 Å². The Morgan fingerprint density at radius 3 is 2.43 bits per heavy atom. The molecule has 0 saturated heterocycles. The quantitative estimate of drug-likeness (QED) is 0.231. The van der Waals surface area contributed by atoms with Crippen molar-refractivity contribution in [3.63, 3.8) is 0 Å². The van der Waals surface area contributed by atoms with E-state index in [1.54, 1.807) is 5.43 Å². The lowest BCUT2D eigenvalue weighted by atomic mass is 11.5. The van der Waals surface area contributed by atoms with Crippen LogP contribution in [0.2, 0.25) is 0 Å². The highest BCUT2D eigenvalue weighted by molar-refractivity contribution is 8.10. The number of nitrogens with zero attached hydrogens (tertiary/aromatic N) is 1. The second-order valence-electron chi connectivity index (χ2n) is 0.674. The summed E-state index contributed by atoms with van der Waals surface area (Å²) in [5, 5.41) is 8.60. The first-order chi connectivity index (χ1) is 3.13. The summed E-state index contributed by atoms with van der Waals surface area (Å²) >= 11 is 7.60. The molecule has 1 N–H and O–H groups in total. The van der Waals surface area contributed by atoms with E-state index in [4.69, 9.17) is 0 Å². The first-order valence-corrected chi connectivity index (χ1v) is 2.12. The maximum atomic E-state index is 9.37. The number of hydrogen-bond acceptors (Lipinski definition) is 3. The second-order valence-corrected chi connectivity index (χ2v) is 1.83. The van der Waals surface area contributed by atoms with Crippen molar-refractivity contribution in [1.82, 2.24) is 5.43 Å². The van der Waals surface area contributed by atoms with Crippen LogP contribution in [-0.4, -0.2) is 9.35 Å². The predicted octanol–water partition coefficient (Wildman–Crippen LogP) is -0.0176. The zero-order valence-corrected chi connectivity index (χ0v) is 4.83. The molecule has 4 nitrogen and oxygen atoms in total. The highest BCUT2D eigenvalue weighted by Gasteiger charge is 1.91. The summed E-state index contributed by atoms with van der Waals surface area (Å²) in [6, 6.07) is 0. The Balaban J connectivity index is 3.32. The fourth-order valence-corrected chi connectivity index (χ4v) is 0.234. The van der Waals surface area contributed by atoms with Crippen molar-refractivity contribution < 1.29 is 5.03 Å². The van der Waals surface area contributed by atoms with Gasteiger partial charge in [0.05, 0.1) is 0 Å². The zero-order chi connectivity index (χ0) is 5.86. The average Bonchev–Trinajstić information content (AvgIpc) is 1.27. The Morgan fingerprint density at radius 1 is 2.00 bits per heavy atom. The lowest BCUT2D eigenvalue weighted by Gasteiger charge is -1.85.